The molecule has 0 fully saturated rings. The fraction of sp³-hybridized carbons (Fsp3) is 0.320. The Bertz CT molecular complexity index is 1400. The summed E-state index contributed by atoms with van der Waals surface area (Å²) >= 11 is 8.32. The van der Waals surface area contributed by atoms with Crippen molar-refractivity contribution in [2.45, 2.75) is 25.9 Å². The highest BCUT2D eigenvalue weighted by atomic mass is 35.5. The van der Waals surface area contributed by atoms with Gasteiger partial charge in [-0.1, -0.05) is 41.9 Å². The number of thiazole rings is 1. The molecule has 1 amide bonds. The lowest BCUT2D eigenvalue weighted by Crippen LogP contribution is -2.51. The van der Waals surface area contributed by atoms with E-state index in [2.05, 4.69) is 22.0 Å². The predicted octanol–water partition coefficient (Wildman–Crippen LogP) is 4.40. The normalized spacial score (nSPS) is 18.0. The van der Waals surface area contributed by atoms with Crippen molar-refractivity contribution in [2.75, 3.05) is 31.6 Å². The van der Waals surface area contributed by atoms with Gasteiger partial charge in [0, 0.05) is 25.7 Å². The molecular weight excluding hydrogens is 470 g/mol. The van der Waals surface area contributed by atoms with Crippen LogP contribution >= 0.6 is 22.9 Å². The Hall–Kier alpha value is -3.10. The van der Waals surface area contributed by atoms with Gasteiger partial charge in [-0.25, -0.2) is 9.67 Å². The zero-order valence-corrected chi connectivity index (χ0v) is 20.6. The zero-order chi connectivity index (χ0) is 23.4. The van der Waals surface area contributed by atoms with E-state index in [-0.39, 0.29) is 11.9 Å². The van der Waals surface area contributed by atoms with Crippen molar-refractivity contribution in [3.05, 3.63) is 69.4 Å². The van der Waals surface area contributed by atoms with Gasteiger partial charge >= 0.3 is 0 Å². The van der Waals surface area contributed by atoms with Crippen LogP contribution in [0.4, 0.5) is 5.69 Å². The third-order valence-corrected chi connectivity index (χ3v) is 7.98. The number of hydrogen-bond donors (Lipinski definition) is 0. The predicted molar refractivity (Wildman–Crippen MR) is 134 cm³/mol. The average molecular weight is 494 g/mol. The van der Waals surface area contributed by atoms with Gasteiger partial charge in [-0.3, -0.25) is 4.79 Å². The molecule has 0 bridgehead atoms. The first-order chi connectivity index (χ1) is 16.5. The molecule has 6 rings (SSSR count). The van der Waals surface area contributed by atoms with Crippen molar-refractivity contribution in [3.8, 4) is 5.75 Å². The number of fused-ring (bicyclic) bond motifs is 4. The first-order valence-electron chi connectivity index (χ1n) is 11.3. The molecular formula is C25H24ClN5O2S. The zero-order valence-electron chi connectivity index (χ0n) is 19.0. The molecule has 7 nitrogen and oxygen atoms in total. The molecule has 1 atom stereocenters. The van der Waals surface area contributed by atoms with E-state index in [1.807, 2.05) is 54.3 Å². The number of aromatic nitrogens is 3. The smallest absolute Gasteiger partial charge is 0.275 e. The third kappa shape index (κ3) is 3.52. The van der Waals surface area contributed by atoms with Gasteiger partial charge in [-0.2, -0.15) is 5.10 Å². The van der Waals surface area contributed by atoms with E-state index in [0.29, 0.717) is 43.5 Å². The molecule has 0 radical (unpaired) electrons. The monoisotopic (exact) mass is 493 g/mol. The second kappa shape index (κ2) is 8.29. The Morgan fingerprint density at radius 1 is 1.21 bits per heavy atom. The van der Waals surface area contributed by atoms with Crippen LogP contribution in [0.3, 0.4) is 0 Å². The number of benzene rings is 2. The van der Waals surface area contributed by atoms with E-state index in [1.54, 1.807) is 16.0 Å². The van der Waals surface area contributed by atoms with Crippen molar-refractivity contribution in [3.63, 3.8) is 0 Å². The first kappa shape index (κ1) is 21.4. The van der Waals surface area contributed by atoms with Gasteiger partial charge in [-0.05, 0) is 31.0 Å². The number of halogens is 1. The number of rotatable bonds is 3. The number of hydrogen-bond acceptors (Lipinski definition) is 6. The van der Waals surface area contributed by atoms with Crippen molar-refractivity contribution in [1.29, 1.82) is 0 Å². The first-order valence-corrected chi connectivity index (χ1v) is 12.5. The Kier molecular flexibility index (Phi) is 5.22. The molecule has 2 aromatic carbocycles. The summed E-state index contributed by atoms with van der Waals surface area (Å²) < 4.78 is 9.09. The molecule has 0 N–H and O–H groups in total. The van der Waals surface area contributed by atoms with Crippen LogP contribution in [-0.4, -0.2) is 58.4 Å². The largest absolute Gasteiger partial charge is 0.489 e. The molecule has 9 heteroatoms. The van der Waals surface area contributed by atoms with E-state index in [9.17, 15) is 4.79 Å². The molecule has 0 saturated carbocycles. The molecule has 4 aromatic rings. The van der Waals surface area contributed by atoms with E-state index in [0.717, 1.165) is 37.8 Å². The summed E-state index contributed by atoms with van der Waals surface area (Å²) in [6.07, 6.45) is 0.681. The van der Waals surface area contributed by atoms with Crippen molar-refractivity contribution in [2.24, 2.45) is 0 Å². The van der Waals surface area contributed by atoms with Crippen LogP contribution < -0.4 is 9.64 Å². The third-order valence-electron chi connectivity index (χ3n) is 6.56. The number of nitrogens with zero attached hydrogens (tertiary/aromatic N) is 5. The van der Waals surface area contributed by atoms with Gasteiger partial charge in [0.15, 0.2) is 5.69 Å². The molecule has 2 aliphatic heterocycles. The fourth-order valence-corrected chi connectivity index (χ4v) is 6.23. The number of carbonyl (C=O) groups is 1. The summed E-state index contributed by atoms with van der Waals surface area (Å²) in [5.41, 5.74) is 4.41. The maximum Gasteiger partial charge on any atom is 0.275 e. The van der Waals surface area contributed by atoms with Crippen molar-refractivity contribution >= 4 is 44.7 Å². The summed E-state index contributed by atoms with van der Waals surface area (Å²) in [5, 5.41) is 6.21. The Labute approximate surface area is 206 Å². The number of anilines is 1. The molecule has 174 valence electrons. The Morgan fingerprint density at radius 2 is 2.03 bits per heavy atom. The van der Waals surface area contributed by atoms with Crippen LogP contribution in [0.15, 0.2) is 42.5 Å². The number of ether oxygens (including phenoxy) is 1. The Balaban J connectivity index is 1.27. The van der Waals surface area contributed by atoms with Crippen molar-refractivity contribution in [1.82, 2.24) is 19.7 Å². The molecule has 0 aliphatic carbocycles. The lowest BCUT2D eigenvalue weighted by atomic mass is 10.0. The topological polar surface area (TPSA) is 63.5 Å². The van der Waals surface area contributed by atoms with E-state index in [1.165, 1.54) is 0 Å². The quantitative estimate of drug-likeness (QED) is 0.423. The summed E-state index contributed by atoms with van der Waals surface area (Å²) in [5.74, 6) is 0.753. The average Bonchev–Trinajstić information content (AvgIpc) is 3.30. The van der Waals surface area contributed by atoms with E-state index < -0.39 is 0 Å². The SMILES string of the molecule is Cc1nc2ccc3c(c2s1)N(C)C[C@H](N1CCc2c(nn(Cc4ccccc4)c2Cl)C1=O)CO3. The van der Waals surface area contributed by atoms with Crippen LogP contribution in [0.25, 0.3) is 10.2 Å². The van der Waals surface area contributed by atoms with Gasteiger partial charge in [0.2, 0.25) is 0 Å². The summed E-state index contributed by atoms with van der Waals surface area (Å²) in [6.45, 7) is 4.25. The molecule has 4 heterocycles. The van der Waals surface area contributed by atoms with Crippen LogP contribution in [0.1, 0.15) is 26.6 Å². The maximum atomic E-state index is 13.6. The summed E-state index contributed by atoms with van der Waals surface area (Å²) in [7, 11) is 2.06. The fourth-order valence-electron chi connectivity index (χ4n) is 4.94. The van der Waals surface area contributed by atoms with Gasteiger partial charge in [0.1, 0.15) is 17.5 Å². The van der Waals surface area contributed by atoms with Crippen LogP contribution in [0, 0.1) is 6.92 Å². The summed E-state index contributed by atoms with van der Waals surface area (Å²) in [6, 6.07) is 13.9. The van der Waals surface area contributed by atoms with Gasteiger partial charge in [0.05, 0.1) is 33.5 Å². The van der Waals surface area contributed by atoms with Gasteiger partial charge in [-0.15, -0.1) is 11.3 Å². The standard InChI is InChI=1S/C25H24ClN5O2S/c1-15-27-19-8-9-20-22(23(19)34-15)29(2)13-17(14-33-20)30-11-10-18-21(25(30)32)28-31(24(18)26)12-16-6-4-3-5-7-16/h3-9,17H,10-14H2,1-2H3/t17-/m0/s1. The number of likely N-dealkylation sites (N-methyl/N-ethyl adjacent to an activating group) is 1. The maximum absolute atomic E-state index is 13.6. The summed E-state index contributed by atoms with van der Waals surface area (Å²) in [4.78, 5) is 22.3. The highest BCUT2D eigenvalue weighted by Gasteiger charge is 2.37. The van der Waals surface area contributed by atoms with Crippen LogP contribution in [-0.2, 0) is 13.0 Å². The molecule has 2 aliphatic rings. The second-order valence-corrected chi connectivity index (χ2v) is 10.4. The lowest BCUT2D eigenvalue weighted by molar-refractivity contribution is 0.0604. The van der Waals surface area contributed by atoms with Crippen LogP contribution in [0.2, 0.25) is 5.15 Å². The minimum Gasteiger partial charge on any atom is -0.489 e. The lowest BCUT2D eigenvalue weighted by Gasteiger charge is -2.34. The molecule has 34 heavy (non-hydrogen) atoms. The highest BCUT2D eigenvalue weighted by molar-refractivity contribution is 7.19. The minimum atomic E-state index is -0.0971. The Morgan fingerprint density at radius 3 is 2.85 bits per heavy atom. The number of carbonyl (C=O) groups excluding carboxylic acids is 1. The van der Waals surface area contributed by atoms with Gasteiger partial charge < -0.3 is 14.5 Å². The molecule has 2 aromatic heterocycles. The molecule has 0 spiro atoms. The van der Waals surface area contributed by atoms with Crippen LogP contribution in [0.5, 0.6) is 5.75 Å². The van der Waals surface area contributed by atoms with Crippen molar-refractivity contribution < 1.29 is 9.53 Å². The number of aryl methyl sites for hydroxylation is 1. The minimum absolute atomic E-state index is 0.0818. The van der Waals surface area contributed by atoms with Gasteiger partial charge in [0.25, 0.3) is 5.91 Å². The highest BCUT2D eigenvalue weighted by Crippen LogP contribution is 2.41. The molecule has 0 unspecified atom stereocenters. The second-order valence-electron chi connectivity index (χ2n) is 8.85. The van der Waals surface area contributed by atoms with E-state index in [4.69, 9.17) is 16.3 Å². The number of amides is 1. The van der Waals surface area contributed by atoms with E-state index >= 15 is 0 Å². The molecule has 0 saturated heterocycles.